The molecule has 0 saturated carbocycles. The van der Waals surface area contributed by atoms with Gasteiger partial charge in [0.15, 0.2) is 0 Å². The van der Waals surface area contributed by atoms with Gasteiger partial charge in [-0.2, -0.15) is 5.10 Å². The molecule has 20 heavy (non-hydrogen) atoms. The van der Waals surface area contributed by atoms with E-state index in [4.69, 9.17) is 5.73 Å². The van der Waals surface area contributed by atoms with Gasteiger partial charge in [-0.1, -0.05) is 30.3 Å². The van der Waals surface area contributed by atoms with Crippen LogP contribution in [0.2, 0.25) is 0 Å². The van der Waals surface area contributed by atoms with E-state index in [0.717, 1.165) is 18.7 Å². The van der Waals surface area contributed by atoms with Gasteiger partial charge in [0, 0.05) is 30.9 Å². The Bertz CT molecular complexity index is 580. The van der Waals surface area contributed by atoms with Crippen LogP contribution in [0.25, 0.3) is 0 Å². The maximum atomic E-state index is 6.35. The van der Waals surface area contributed by atoms with Crippen molar-refractivity contribution in [2.75, 3.05) is 6.54 Å². The van der Waals surface area contributed by atoms with E-state index in [0.29, 0.717) is 0 Å². The smallest absolute Gasteiger partial charge is 0.0641 e. The Hall–Kier alpha value is -2.20. The molecule has 1 aliphatic heterocycles. The average Bonchev–Trinajstić information content (AvgIpc) is 2.99. The number of hydrogen-bond donors (Lipinski definition) is 2. The molecule has 4 nitrogen and oxygen atoms in total. The van der Waals surface area contributed by atoms with Crippen molar-refractivity contribution in [3.63, 3.8) is 0 Å². The first-order valence-corrected chi connectivity index (χ1v) is 6.84. The van der Waals surface area contributed by atoms with E-state index in [1.165, 1.54) is 11.1 Å². The molecule has 0 aliphatic carbocycles. The Morgan fingerprint density at radius 3 is 2.65 bits per heavy atom. The Kier molecular flexibility index (Phi) is 3.74. The summed E-state index contributed by atoms with van der Waals surface area (Å²) in [5.41, 5.74) is 12.9. The molecule has 1 aromatic heterocycles. The van der Waals surface area contributed by atoms with Crippen LogP contribution < -0.4 is 11.2 Å². The van der Waals surface area contributed by atoms with Crippen LogP contribution >= 0.6 is 0 Å². The highest BCUT2D eigenvalue weighted by Crippen LogP contribution is 2.22. The van der Waals surface area contributed by atoms with Crippen LogP contribution in [0.5, 0.6) is 0 Å². The maximum Gasteiger partial charge on any atom is 0.0641 e. The lowest BCUT2D eigenvalue weighted by atomic mass is 9.89. The third-order valence-corrected chi connectivity index (χ3v) is 3.65. The molecule has 0 spiro atoms. The molecule has 1 unspecified atom stereocenters. The zero-order valence-corrected chi connectivity index (χ0v) is 11.2. The first-order valence-electron chi connectivity index (χ1n) is 6.84. The highest BCUT2D eigenvalue weighted by Gasteiger charge is 2.27. The average molecular weight is 266 g/mol. The number of aromatic nitrogens is 1. The Labute approximate surface area is 118 Å². The molecule has 1 aliphatic rings. The molecule has 4 heteroatoms. The fourth-order valence-corrected chi connectivity index (χ4v) is 2.61. The molecular weight excluding hydrogens is 248 g/mol. The second-order valence-corrected chi connectivity index (χ2v) is 5.03. The highest BCUT2D eigenvalue weighted by atomic mass is 15.3. The topological polar surface area (TPSA) is 63.3 Å². The molecule has 102 valence electrons. The van der Waals surface area contributed by atoms with Crippen molar-refractivity contribution in [3.05, 3.63) is 66.0 Å². The fourth-order valence-electron chi connectivity index (χ4n) is 2.61. The van der Waals surface area contributed by atoms with Gasteiger partial charge in [0.2, 0.25) is 0 Å². The number of hydrazone groups is 1. The van der Waals surface area contributed by atoms with Gasteiger partial charge in [-0.15, -0.1) is 0 Å². The quantitative estimate of drug-likeness (QED) is 0.885. The number of nitrogens with zero attached hydrogens (tertiary/aromatic N) is 2. The summed E-state index contributed by atoms with van der Waals surface area (Å²) in [5, 5.41) is 4.41. The summed E-state index contributed by atoms with van der Waals surface area (Å²) < 4.78 is 0. The molecule has 0 radical (unpaired) electrons. The van der Waals surface area contributed by atoms with Crippen LogP contribution in [0.15, 0.2) is 60.0 Å². The molecule has 2 aromatic rings. The predicted molar refractivity (Wildman–Crippen MR) is 80.5 cm³/mol. The van der Waals surface area contributed by atoms with Crippen LogP contribution in [0.1, 0.15) is 17.0 Å². The second kappa shape index (κ2) is 5.84. The lowest BCUT2D eigenvalue weighted by molar-refractivity contribution is 0.756. The minimum atomic E-state index is -0.0643. The Morgan fingerprint density at radius 2 is 1.90 bits per heavy atom. The molecule has 0 saturated heterocycles. The van der Waals surface area contributed by atoms with E-state index in [9.17, 15) is 0 Å². The van der Waals surface area contributed by atoms with Crippen LogP contribution in [-0.2, 0) is 6.42 Å². The molecule has 1 aromatic carbocycles. The summed E-state index contributed by atoms with van der Waals surface area (Å²) in [4.78, 5) is 4.06. The maximum absolute atomic E-state index is 6.35. The molecule has 0 bridgehead atoms. The van der Waals surface area contributed by atoms with Crippen molar-refractivity contribution in [2.24, 2.45) is 10.8 Å². The number of hydrogen-bond acceptors (Lipinski definition) is 4. The molecular formula is C16H18N4. The number of nitrogens with two attached hydrogens (primary N) is 1. The largest absolute Gasteiger partial charge is 0.323 e. The van der Waals surface area contributed by atoms with Gasteiger partial charge in [0.05, 0.1) is 5.71 Å². The summed E-state index contributed by atoms with van der Waals surface area (Å²) >= 11 is 0. The summed E-state index contributed by atoms with van der Waals surface area (Å²) in [6.07, 6.45) is 4.44. The molecule has 2 atom stereocenters. The van der Waals surface area contributed by atoms with Gasteiger partial charge < -0.3 is 11.2 Å². The van der Waals surface area contributed by atoms with Gasteiger partial charge in [-0.25, -0.2) is 0 Å². The SMILES string of the molecule is N[C@@H](Cc1ccccc1)C1=NNCC1c1ccncc1. The number of rotatable bonds is 4. The van der Waals surface area contributed by atoms with Crippen molar-refractivity contribution in [1.82, 2.24) is 10.4 Å². The van der Waals surface area contributed by atoms with Gasteiger partial charge in [0.1, 0.15) is 0 Å². The second-order valence-electron chi connectivity index (χ2n) is 5.03. The number of benzene rings is 1. The van der Waals surface area contributed by atoms with E-state index in [2.05, 4.69) is 27.6 Å². The van der Waals surface area contributed by atoms with E-state index in [1.54, 1.807) is 0 Å². The first-order chi connectivity index (χ1) is 9.84. The zero-order chi connectivity index (χ0) is 13.8. The molecule has 2 heterocycles. The Morgan fingerprint density at radius 1 is 1.15 bits per heavy atom. The van der Waals surface area contributed by atoms with Gasteiger partial charge >= 0.3 is 0 Å². The van der Waals surface area contributed by atoms with E-state index in [-0.39, 0.29) is 12.0 Å². The molecule has 3 rings (SSSR count). The lowest BCUT2D eigenvalue weighted by Crippen LogP contribution is -2.35. The van der Waals surface area contributed by atoms with E-state index >= 15 is 0 Å². The van der Waals surface area contributed by atoms with Crippen LogP contribution in [0.3, 0.4) is 0 Å². The summed E-state index contributed by atoms with van der Waals surface area (Å²) in [6, 6.07) is 14.3. The molecule has 3 N–H and O–H groups in total. The summed E-state index contributed by atoms with van der Waals surface area (Å²) in [6.45, 7) is 0.807. The first kappa shape index (κ1) is 12.8. The summed E-state index contributed by atoms with van der Waals surface area (Å²) in [5.74, 6) is 0.247. The lowest BCUT2D eigenvalue weighted by Gasteiger charge is -2.18. The van der Waals surface area contributed by atoms with Gasteiger partial charge in [0.25, 0.3) is 0 Å². The van der Waals surface area contributed by atoms with Crippen molar-refractivity contribution >= 4 is 5.71 Å². The Balaban J connectivity index is 1.75. The third-order valence-electron chi connectivity index (χ3n) is 3.65. The molecule has 0 amide bonds. The fraction of sp³-hybridized carbons (Fsp3) is 0.250. The van der Waals surface area contributed by atoms with E-state index in [1.807, 2.05) is 42.7 Å². The number of nitrogens with one attached hydrogen (secondary N) is 1. The molecule has 0 fully saturated rings. The number of pyridine rings is 1. The standard InChI is InChI=1S/C16H18N4/c17-15(10-12-4-2-1-3-5-12)16-14(11-19-20-16)13-6-8-18-9-7-13/h1-9,14-15,19H,10-11,17H2/t14?,15-/m0/s1. The van der Waals surface area contributed by atoms with Crippen molar-refractivity contribution in [3.8, 4) is 0 Å². The van der Waals surface area contributed by atoms with Crippen molar-refractivity contribution in [2.45, 2.75) is 18.4 Å². The van der Waals surface area contributed by atoms with Crippen molar-refractivity contribution in [1.29, 1.82) is 0 Å². The van der Waals surface area contributed by atoms with Crippen LogP contribution in [0.4, 0.5) is 0 Å². The van der Waals surface area contributed by atoms with Gasteiger partial charge in [-0.3, -0.25) is 4.98 Å². The third kappa shape index (κ3) is 2.70. The normalized spacial score (nSPS) is 19.2. The zero-order valence-electron chi connectivity index (χ0n) is 11.2. The minimum absolute atomic E-state index is 0.0643. The van der Waals surface area contributed by atoms with Crippen molar-refractivity contribution < 1.29 is 0 Å². The minimum Gasteiger partial charge on any atom is -0.323 e. The highest BCUT2D eigenvalue weighted by molar-refractivity contribution is 5.96. The van der Waals surface area contributed by atoms with Gasteiger partial charge in [-0.05, 0) is 29.7 Å². The van der Waals surface area contributed by atoms with Crippen LogP contribution in [0, 0.1) is 0 Å². The predicted octanol–water partition coefficient (Wildman–Crippen LogP) is 1.69. The monoisotopic (exact) mass is 266 g/mol. The summed E-state index contributed by atoms with van der Waals surface area (Å²) in [7, 11) is 0. The van der Waals surface area contributed by atoms with E-state index < -0.39 is 0 Å². The van der Waals surface area contributed by atoms with Crippen LogP contribution in [-0.4, -0.2) is 23.3 Å².